The Morgan fingerprint density at radius 2 is 1.76 bits per heavy atom. The monoisotopic (exact) mass is 620 g/mol. The molecule has 12 heteroatoms. The Morgan fingerprint density at radius 3 is 2.44 bits per heavy atom. The minimum Gasteiger partial charge on any atom is -0.427 e. The van der Waals surface area contributed by atoms with Crippen LogP contribution in [0.4, 0.5) is 13.6 Å². The predicted molar refractivity (Wildman–Crippen MR) is 164 cm³/mol. The first-order chi connectivity index (χ1) is 21.5. The van der Waals surface area contributed by atoms with Crippen LogP contribution in [0, 0.1) is 18.6 Å². The highest BCUT2D eigenvalue weighted by molar-refractivity contribution is 5.92. The third-order valence-corrected chi connectivity index (χ3v) is 8.09. The van der Waals surface area contributed by atoms with Gasteiger partial charge in [0.25, 0.3) is 0 Å². The van der Waals surface area contributed by atoms with Crippen LogP contribution >= 0.6 is 0 Å². The van der Waals surface area contributed by atoms with E-state index in [0.29, 0.717) is 67.2 Å². The van der Waals surface area contributed by atoms with Gasteiger partial charge in [-0.05, 0) is 64.3 Å². The molecule has 0 unspecified atom stereocenters. The Kier molecular flexibility index (Phi) is 8.80. The number of nitrogens with zero attached hydrogens (tertiary/aromatic N) is 6. The molecule has 2 saturated heterocycles. The number of ether oxygens (including phenoxy) is 2. The van der Waals surface area contributed by atoms with Crippen molar-refractivity contribution in [2.45, 2.75) is 58.7 Å². The molecule has 10 nitrogen and oxygen atoms in total. The Balaban J connectivity index is 1.21. The van der Waals surface area contributed by atoms with Crippen LogP contribution < -0.4 is 0 Å². The lowest BCUT2D eigenvalue weighted by molar-refractivity contribution is -0.154. The molecule has 2 fully saturated rings. The highest BCUT2D eigenvalue weighted by Gasteiger charge is 2.27. The fourth-order valence-corrected chi connectivity index (χ4v) is 5.78. The number of benzene rings is 2. The zero-order valence-electron chi connectivity index (χ0n) is 26.1. The molecule has 45 heavy (non-hydrogen) atoms. The van der Waals surface area contributed by atoms with Crippen LogP contribution in [0.1, 0.15) is 50.9 Å². The number of halogens is 2. The van der Waals surface area contributed by atoms with Crippen LogP contribution in [0.25, 0.3) is 33.4 Å². The Bertz CT molecular complexity index is 1670. The molecule has 2 aromatic carbocycles. The van der Waals surface area contributed by atoms with Gasteiger partial charge in [0.1, 0.15) is 17.2 Å². The molecule has 4 heterocycles. The topological polar surface area (TPSA) is 94.8 Å². The summed E-state index contributed by atoms with van der Waals surface area (Å²) in [6.45, 7) is 11.0. The number of carbonyl (C=O) groups excluding carboxylic acids is 1. The molecule has 0 aliphatic carbocycles. The van der Waals surface area contributed by atoms with Gasteiger partial charge >= 0.3 is 6.16 Å². The van der Waals surface area contributed by atoms with E-state index >= 15 is 8.78 Å². The zero-order valence-corrected chi connectivity index (χ0v) is 26.1. The normalized spacial score (nSPS) is 17.1. The molecule has 0 amide bonds. The smallest absolute Gasteiger partial charge is 0.427 e. The molecule has 0 bridgehead atoms. The van der Waals surface area contributed by atoms with Crippen molar-refractivity contribution < 1.29 is 27.9 Å². The van der Waals surface area contributed by atoms with Gasteiger partial charge in [-0.1, -0.05) is 12.1 Å². The van der Waals surface area contributed by atoms with Crippen molar-refractivity contribution in [1.82, 2.24) is 29.7 Å². The van der Waals surface area contributed by atoms with E-state index in [4.69, 9.17) is 24.4 Å². The van der Waals surface area contributed by atoms with E-state index in [1.165, 1.54) is 12.1 Å². The molecule has 2 aliphatic rings. The molecule has 2 aromatic heterocycles. The van der Waals surface area contributed by atoms with E-state index in [1.807, 2.05) is 34.8 Å². The van der Waals surface area contributed by atoms with Crippen molar-refractivity contribution in [1.29, 1.82) is 0 Å². The number of fused-ring (bicyclic) bond motifs is 1. The van der Waals surface area contributed by atoms with Gasteiger partial charge in [-0.15, -0.1) is 5.06 Å². The second kappa shape index (κ2) is 12.8. The SMILES string of the molecule is Cc1nn(C2CCN(OC(=O)OC(C)(C)C)CC2)cc1-c1cnc2cccc(-c3cc(F)c(CN4CCOCC4)c(F)c3)c2n1. The largest absolute Gasteiger partial charge is 0.528 e. The number of rotatable bonds is 6. The minimum atomic E-state index is -0.707. The summed E-state index contributed by atoms with van der Waals surface area (Å²) in [6, 6.07) is 8.32. The summed E-state index contributed by atoms with van der Waals surface area (Å²) in [6.07, 6.45) is 4.42. The molecular formula is C33H38F2N6O4. The molecule has 6 rings (SSSR count). The third kappa shape index (κ3) is 7.13. The second-order valence-corrected chi connectivity index (χ2v) is 12.6. The van der Waals surface area contributed by atoms with Crippen molar-refractivity contribution >= 4 is 17.2 Å². The molecule has 0 atom stereocenters. The lowest BCUT2D eigenvalue weighted by atomic mass is 10.0. The van der Waals surface area contributed by atoms with Crippen molar-refractivity contribution in [3.05, 3.63) is 65.6 Å². The summed E-state index contributed by atoms with van der Waals surface area (Å²) in [5.41, 5.74) is 3.84. The average Bonchev–Trinajstić information content (AvgIpc) is 3.39. The van der Waals surface area contributed by atoms with Gasteiger partial charge in [-0.3, -0.25) is 14.6 Å². The van der Waals surface area contributed by atoms with Crippen molar-refractivity contribution in [3.63, 3.8) is 0 Å². The van der Waals surface area contributed by atoms with Gasteiger partial charge in [-0.25, -0.2) is 18.6 Å². The first kappa shape index (κ1) is 31.0. The molecule has 0 saturated carbocycles. The number of morpholine rings is 1. The van der Waals surface area contributed by atoms with E-state index in [9.17, 15) is 4.79 Å². The number of hydrogen-bond donors (Lipinski definition) is 0. The van der Waals surface area contributed by atoms with Crippen LogP contribution in [0.2, 0.25) is 0 Å². The summed E-state index contributed by atoms with van der Waals surface area (Å²) in [4.78, 5) is 29.0. The Morgan fingerprint density at radius 1 is 1.04 bits per heavy atom. The maximum atomic E-state index is 15.3. The number of aromatic nitrogens is 4. The molecule has 2 aliphatic heterocycles. The standard InChI is InChI=1S/C33H38F2N6O4/c1-21-25(20-41(38-21)23-8-10-40(11-9-23)45-32(42)44-33(2,3)4)30-18-36-29-7-5-6-24(31(29)37-30)22-16-27(34)26(28(35)17-22)19-39-12-14-43-15-13-39/h5-7,16-18,20,23H,8-15,19H2,1-4H3. The molecule has 4 aromatic rings. The van der Waals surface area contributed by atoms with Crippen molar-refractivity contribution in [2.24, 2.45) is 0 Å². The quantitative estimate of drug-likeness (QED) is 0.238. The van der Waals surface area contributed by atoms with Crippen LogP contribution in [0.3, 0.4) is 0 Å². The average molecular weight is 621 g/mol. The van der Waals surface area contributed by atoms with E-state index in [1.54, 1.807) is 38.1 Å². The highest BCUT2D eigenvalue weighted by atomic mass is 19.1. The number of aryl methyl sites for hydroxylation is 1. The van der Waals surface area contributed by atoms with Gasteiger partial charge in [0.05, 0.1) is 47.9 Å². The van der Waals surface area contributed by atoms with Gasteiger partial charge in [-0.2, -0.15) is 5.10 Å². The van der Waals surface area contributed by atoms with Gasteiger partial charge in [0.2, 0.25) is 0 Å². The fourth-order valence-electron chi connectivity index (χ4n) is 5.78. The highest BCUT2D eigenvalue weighted by Crippen LogP contribution is 2.33. The number of para-hydroxylation sites is 1. The van der Waals surface area contributed by atoms with E-state index in [2.05, 4.69) is 4.98 Å². The van der Waals surface area contributed by atoms with Crippen LogP contribution in [-0.4, -0.2) is 80.9 Å². The number of hydroxylamine groups is 2. The predicted octanol–water partition coefficient (Wildman–Crippen LogP) is 6.08. The molecular weight excluding hydrogens is 582 g/mol. The summed E-state index contributed by atoms with van der Waals surface area (Å²) >= 11 is 0. The van der Waals surface area contributed by atoms with Crippen LogP contribution in [0.5, 0.6) is 0 Å². The third-order valence-electron chi connectivity index (χ3n) is 8.09. The fraction of sp³-hybridized carbons (Fsp3) is 0.455. The van der Waals surface area contributed by atoms with Crippen molar-refractivity contribution in [3.8, 4) is 22.4 Å². The van der Waals surface area contributed by atoms with Crippen LogP contribution in [-0.2, 0) is 20.9 Å². The maximum absolute atomic E-state index is 15.3. The van der Waals surface area contributed by atoms with E-state index in [-0.39, 0.29) is 18.2 Å². The molecule has 238 valence electrons. The van der Waals surface area contributed by atoms with Crippen molar-refractivity contribution in [2.75, 3.05) is 39.4 Å². The number of piperidine rings is 1. The molecule has 0 N–H and O–H groups in total. The van der Waals surface area contributed by atoms with Gasteiger partial charge in [0, 0.05) is 55.6 Å². The van der Waals surface area contributed by atoms with Gasteiger partial charge < -0.3 is 14.3 Å². The van der Waals surface area contributed by atoms with E-state index < -0.39 is 23.4 Å². The summed E-state index contributed by atoms with van der Waals surface area (Å²) < 4.78 is 43.2. The summed E-state index contributed by atoms with van der Waals surface area (Å²) in [7, 11) is 0. The first-order valence-electron chi connectivity index (χ1n) is 15.3. The molecule has 0 radical (unpaired) electrons. The second-order valence-electron chi connectivity index (χ2n) is 12.6. The first-order valence-corrected chi connectivity index (χ1v) is 15.3. The zero-order chi connectivity index (χ0) is 31.7. The summed E-state index contributed by atoms with van der Waals surface area (Å²) in [5, 5.41) is 6.40. The number of carbonyl (C=O) groups is 1. The summed E-state index contributed by atoms with van der Waals surface area (Å²) in [5.74, 6) is -1.17. The molecule has 0 spiro atoms. The number of hydrogen-bond acceptors (Lipinski definition) is 9. The van der Waals surface area contributed by atoms with Crippen LogP contribution in [0.15, 0.2) is 42.7 Å². The lowest BCUT2D eigenvalue weighted by Gasteiger charge is -2.31. The Hall–Kier alpha value is -4.00. The maximum Gasteiger partial charge on any atom is 0.528 e. The minimum absolute atomic E-state index is 0.0536. The van der Waals surface area contributed by atoms with E-state index in [0.717, 1.165) is 24.1 Å². The lowest BCUT2D eigenvalue weighted by Crippen LogP contribution is -2.38. The Labute approximate surface area is 260 Å². The van der Waals surface area contributed by atoms with Gasteiger partial charge in [0.15, 0.2) is 0 Å².